The van der Waals surface area contributed by atoms with Crippen LogP contribution >= 0.6 is 0 Å². The standard InChI is InChI=1S/C10H22O4Si/c1-10(2,3)15(4,5)14-8(7-11)6-9(12)13/h8,11H,6-7H2,1-5H3,(H,12,13)/t8-/m0/s1. The summed E-state index contributed by atoms with van der Waals surface area (Å²) in [5, 5.41) is 17.7. The van der Waals surface area contributed by atoms with Gasteiger partial charge in [-0.25, -0.2) is 0 Å². The molecule has 0 rings (SSSR count). The highest BCUT2D eigenvalue weighted by Crippen LogP contribution is 2.37. The van der Waals surface area contributed by atoms with Gasteiger partial charge >= 0.3 is 5.97 Å². The van der Waals surface area contributed by atoms with Gasteiger partial charge in [-0.2, -0.15) is 0 Å². The van der Waals surface area contributed by atoms with Crippen molar-refractivity contribution in [3.8, 4) is 0 Å². The molecule has 0 fully saturated rings. The van der Waals surface area contributed by atoms with Crippen LogP contribution in [-0.4, -0.2) is 37.2 Å². The monoisotopic (exact) mass is 234 g/mol. The first-order valence-electron chi connectivity index (χ1n) is 5.10. The van der Waals surface area contributed by atoms with Crippen molar-refractivity contribution < 1.29 is 19.4 Å². The molecule has 0 aromatic carbocycles. The third kappa shape index (κ3) is 4.77. The fraction of sp³-hybridized carbons (Fsp3) is 0.900. The van der Waals surface area contributed by atoms with E-state index in [2.05, 4.69) is 20.8 Å². The van der Waals surface area contributed by atoms with Gasteiger partial charge in [0.25, 0.3) is 0 Å². The third-order valence-corrected chi connectivity index (χ3v) is 7.41. The molecule has 0 radical (unpaired) electrons. The summed E-state index contributed by atoms with van der Waals surface area (Å²) in [6, 6.07) is 0. The molecule has 90 valence electrons. The molecule has 0 aromatic heterocycles. The Bertz CT molecular complexity index is 220. The van der Waals surface area contributed by atoms with Gasteiger partial charge in [-0.15, -0.1) is 0 Å². The van der Waals surface area contributed by atoms with E-state index in [0.29, 0.717) is 0 Å². The minimum atomic E-state index is -1.98. The van der Waals surface area contributed by atoms with Gasteiger partial charge in [-0.3, -0.25) is 4.79 Å². The molecule has 1 atom stereocenters. The fourth-order valence-electron chi connectivity index (χ4n) is 0.932. The van der Waals surface area contributed by atoms with Crippen molar-refractivity contribution in [1.29, 1.82) is 0 Å². The van der Waals surface area contributed by atoms with Crippen LogP contribution in [0.2, 0.25) is 18.1 Å². The lowest BCUT2D eigenvalue weighted by molar-refractivity contribution is -0.139. The number of hydrogen-bond acceptors (Lipinski definition) is 3. The van der Waals surface area contributed by atoms with Crippen molar-refractivity contribution in [2.24, 2.45) is 0 Å². The van der Waals surface area contributed by atoms with Crippen molar-refractivity contribution in [3.63, 3.8) is 0 Å². The Labute approximate surface area is 92.4 Å². The van der Waals surface area contributed by atoms with Gasteiger partial charge in [0.15, 0.2) is 8.32 Å². The summed E-state index contributed by atoms with van der Waals surface area (Å²) in [7, 11) is -1.98. The normalized spacial score (nSPS) is 15.1. The van der Waals surface area contributed by atoms with Crippen LogP contribution in [0.1, 0.15) is 27.2 Å². The first-order chi connectivity index (χ1) is 6.60. The third-order valence-electron chi connectivity index (χ3n) is 2.87. The summed E-state index contributed by atoms with van der Waals surface area (Å²) in [6.07, 6.45) is -0.716. The van der Waals surface area contributed by atoms with Crippen molar-refractivity contribution in [2.75, 3.05) is 6.61 Å². The van der Waals surface area contributed by atoms with Crippen molar-refractivity contribution in [3.05, 3.63) is 0 Å². The SMILES string of the molecule is CC(C)(C)[Si](C)(C)O[C@H](CO)CC(=O)O. The summed E-state index contributed by atoms with van der Waals surface area (Å²) in [5.74, 6) is -0.937. The quantitative estimate of drug-likeness (QED) is 0.712. The number of aliphatic hydroxyl groups excluding tert-OH is 1. The molecule has 2 N–H and O–H groups in total. The summed E-state index contributed by atoms with van der Waals surface area (Å²) in [4.78, 5) is 10.5. The van der Waals surface area contributed by atoms with Gasteiger partial charge in [-0.1, -0.05) is 20.8 Å². The average molecular weight is 234 g/mol. The van der Waals surface area contributed by atoms with E-state index < -0.39 is 20.4 Å². The smallest absolute Gasteiger partial charge is 0.306 e. The van der Waals surface area contributed by atoms with Crippen LogP contribution in [0.15, 0.2) is 0 Å². The number of carboxylic acids is 1. The molecule has 0 aliphatic heterocycles. The predicted octanol–water partition coefficient (Wildman–Crippen LogP) is 1.84. The summed E-state index contributed by atoms with van der Waals surface area (Å²) < 4.78 is 5.77. The zero-order valence-electron chi connectivity index (χ0n) is 10.2. The van der Waals surface area contributed by atoms with Crippen LogP contribution in [0.3, 0.4) is 0 Å². The molecular formula is C10H22O4Si. The number of carbonyl (C=O) groups is 1. The maximum absolute atomic E-state index is 10.5. The van der Waals surface area contributed by atoms with Gasteiger partial charge in [-0.05, 0) is 18.1 Å². The zero-order chi connectivity index (χ0) is 12.3. The maximum Gasteiger partial charge on any atom is 0.306 e. The summed E-state index contributed by atoms with van der Waals surface area (Å²) in [6.45, 7) is 10.1. The molecule has 0 aliphatic rings. The van der Waals surface area contributed by atoms with Gasteiger partial charge in [0.1, 0.15) is 0 Å². The van der Waals surface area contributed by atoms with Crippen molar-refractivity contribution in [1.82, 2.24) is 0 Å². The number of carboxylic acid groups (broad SMARTS) is 1. The van der Waals surface area contributed by atoms with E-state index in [-0.39, 0.29) is 18.1 Å². The Morgan fingerprint density at radius 1 is 1.40 bits per heavy atom. The van der Waals surface area contributed by atoms with E-state index in [0.717, 1.165) is 0 Å². The highest BCUT2D eigenvalue weighted by atomic mass is 28.4. The fourth-order valence-corrected chi connectivity index (χ4v) is 2.28. The van der Waals surface area contributed by atoms with E-state index >= 15 is 0 Å². The number of hydrogen-bond donors (Lipinski definition) is 2. The summed E-state index contributed by atoms with van der Waals surface area (Å²) >= 11 is 0. The van der Waals surface area contributed by atoms with E-state index in [1.165, 1.54) is 0 Å². The molecule has 0 saturated heterocycles. The average Bonchev–Trinajstić information content (AvgIpc) is 1.99. The Balaban J connectivity index is 4.47. The van der Waals surface area contributed by atoms with E-state index in [9.17, 15) is 4.79 Å². The van der Waals surface area contributed by atoms with Crippen LogP contribution in [0, 0.1) is 0 Å². The minimum Gasteiger partial charge on any atom is -0.481 e. The van der Waals surface area contributed by atoms with Crippen LogP contribution in [0.25, 0.3) is 0 Å². The summed E-state index contributed by atoms with van der Waals surface area (Å²) in [5.41, 5.74) is 0. The van der Waals surface area contributed by atoms with Crippen LogP contribution in [0.4, 0.5) is 0 Å². The molecular weight excluding hydrogens is 212 g/mol. The minimum absolute atomic E-state index is 0.0267. The van der Waals surface area contributed by atoms with Crippen molar-refractivity contribution >= 4 is 14.3 Å². The first-order valence-corrected chi connectivity index (χ1v) is 8.01. The lowest BCUT2D eigenvalue weighted by Crippen LogP contribution is -2.45. The van der Waals surface area contributed by atoms with Gasteiger partial charge < -0.3 is 14.6 Å². The molecule has 0 bridgehead atoms. The van der Waals surface area contributed by atoms with Crippen molar-refractivity contribution in [2.45, 2.75) is 51.4 Å². The second-order valence-electron chi connectivity index (χ2n) is 5.28. The molecule has 5 heteroatoms. The number of aliphatic carboxylic acids is 1. The Hall–Kier alpha value is -0.393. The number of aliphatic hydroxyl groups is 1. The molecule has 0 spiro atoms. The van der Waals surface area contributed by atoms with E-state index in [1.54, 1.807) is 0 Å². The van der Waals surface area contributed by atoms with Crippen LogP contribution in [0.5, 0.6) is 0 Å². The zero-order valence-corrected chi connectivity index (χ0v) is 11.2. The lowest BCUT2D eigenvalue weighted by Gasteiger charge is -2.38. The topological polar surface area (TPSA) is 66.8 Å². The highest BCUT2D eigenvalue weighted by Gasteiger charge is 2.39. The van der Waals surface area contributed by atoms with E-state index in [1.807, 2.05) is 13.1 Å². The van der Waals surface area contributed by atoms with Crippen LogP contribution in [-0.2, 0) is 9.22 Å². The molecule has 0 amide bonds. The molecule has 4 nitrogen and oxygen atoms in total. The molecule has 0 saturated carbocycles. The van der Waals surface area contributed by atoms with Gasteiger partial charge in [0.05, 0.1) is 19.1 Å². The first kappa shape index (κ1) is 14.6. The van der Waals surface area contributed by atoms with Gasteiger partial charge in [0, 0.05) is 0 Å². The molecule has 15 heavy (non-hydrogen) atoms. The lowest BCUT2D eigenvalue weighted by atomic mass is 10.2. The predicted molar refractivity (Wildman–Crippen MR) is 61.4 cm³/mol. The second kappa shape index (κ2) is 5.09. The molecule has 0 aliphatic carbocycles. The van der Waals surface area contributed by atoms with E-state index in [4.69, 9.17) is 14.6 Å². The second-order valence-corrected chi connectivity index (χ2v) is 10.0. The molecule has 0 unspecified atom stereocenters. The molecule has 0 heterocycles. The van der Waals surface area contributed by atoms with Crippen LogP contribution < -0.4 is 0 Å². The Morgan fingerprint density at radius 2 is 1.87 bits per heavy atom. The molecule has 0 aromatic rings. The Kier molecular flexibility index (Phi) is 4.96. The maximum atomic E-state index is 10.5. The van der Waals surface area contributed by atoms with Gasteiger partial charge in [0.2, 0.25) is 0 Å². The number of rotatable bonds is 5. The highest BCUT2D eigenvalue weighted by molar-refractivity contribution is 6.74. The Morgan fingerprint density at radius 3 is 2.13 bits per heavy atom. The largest absolute Gasteiger partial charge is 0.481 e.